The first-order chi connectivity index (χ1) is 7.08. The molecule has 0 amide bonds. The Morgan fingerprint density at radius 2 is 2.27 bits per heavy atom. The molecule has 5 heteroatoms. The van der Waals surface area contributed by atoms with Crippen molar-refractivity contribution in [3.05, 3.63) is 34.3 Å². The van der Waals surface area contributed by atoms with E-state index in [1.54, 1.807) is 12.1 Å². The second kappa shape index (κ2) is 3.55. The highest BCUT2D eigenvalue weighted by Crippen LogP contribution is 2.23. The monoisotopic (exact) mass is 226 g/mol. The van der Waals surface area contributed by atoms with Gasteiger partial charge in [0.1, 0.15) is 0 Å². The van der Waals surface area contributed by atoms with Gasteiger partial charge in [-0.2, -0.15) is 0 Å². The molecule has 0 fully saturated rings. The van der Waals surface area contributed by atoms with E-state index >= 15 is 0 Å². The van der Waals surface area contributed by atoms with E-state index < -0.39 is 18.0 Å². The van der Waals surface area contributed by atoms with Crippen LogP contribution in [0.3, 0.4) is 0 Å². The predicted molar refractivity (Wildman–Crippen MR) is 52.0 cm³/mol. The van der Waals surface area contributed by atoms with Gasteiger partial charge in [-0.05, 0) is 17.7 Å². The van der Waals surface area contributed by atoms with Gasteiger partial charge in [0.2, 0.25) is 6.10 Å². The average Bonchev–Trinajstić information content (AvgIpc) is 2.18. The number of hydrogen-bond acceptors (Lipinski definition) is 3. The summed E-state index contributed by atoms with van der Waals surface area (Å²) >= 11 is 5.72. The van der Waals surface area contributed by atoms with Crippen LogP contribution in [0.1, 0.15) is 15.9 Å². The fraction of sp³-hybridized carbons (Fsp3) is 0.200. The van der Waals surface area contributed by atoms with E-state index in [0.29, 0.717) is 16.1 Å². The first-order valence-corrected chi connectivity index (χ1v) is 4.68. The van der Waals surface area contributed by atoms with Crippen LogP contribution in [0.4, 0.5) is 0 Å². The largest absolute Gasteiger partial charge is 0.478 e. The van der Waals surface area contributed by atoms with Gasteiger partial charge in [0.25, 0.3) is 0 Å². The third kappa shape index (κ3) is 1.80. The Morgan fingerprint density at radius 3 is 2.93 bits per heavy atom. The van der Waals surface area contributed by atoms with E-state index in [9.17, 15) is 9.59 Å². The van der Waals surface area contributed by atoms with Gasteiger partial charge in [-0.25, -0.2) is 9.59 Å². The molecule has 0 aliphatic carbocycles. The number of esters is 1. The number of rotatable bonds is 1. The summed E-state index contributed by atoms with van der Waals surface area (Å²) in [5.74, 6) is -1.77. The highest BCUT2D eigenvalue weighted by atomic mass is 35.5. The molecule has 0 bridgehead atoms. The van der Waals surface area contributed by atoms with Crippen LogP contribution in [0.5, 0.6) is 0 Å². The third-order valence-electron chi connectivity index (χ3n) is 2.22. The molecule has 15 heavy (non-hydrogen) atoms. The van der Waals surface area contributed by atoms with Crippen molar-refractivity contribution >= 4 is 23.5 Å². The van der Waals surface area contributed by atoms with Gasteiger partial charge in [0.05, 0.1) is 5.56 Å². The van der Waals surface area contributed by atoms with E-state index in [1.165, 1.54) is 6.07 Å². The van der Waals surface area contributed by atoms with Crippen molar-refractivity contribution in [2.24, 2.45) is 0 Å². The number of halogens is 1. The zero-order valence-corrected chi connectivity index (χ0v) is 8.32. The van der Waals surface area contributed by atoms with Crippen LogP contribution in [0, 0.1) is 0 Å². The van der Waals surface area contributed by atoms with Gasteiger partial charge in [0.15, 0.2) is 0 Å². The van der Waals surface area contributed by atoms with Gasteiger partial charge in [0, 0.05) is 11.4 Å². The van der Waals surface area contributed by atoms with Crippen LogP contribution in [0.15, 0.2) is 18.2 Å². The Bertz CT molecular complexity index is 441. The van der Waals surface area contributed by atoms with Crippen LogP contribution in [-0.4, -0.2) is 23.1 Å². The van der Waals surface area contributed by atoms with Gasteiger partial charge >= 0.3 is 11.9 Å². The fourth-order valence-electron chi connectivity index (χ4n) is 1.49. The van der Waals surface area contributed by atoms with Crippen molar-refractivity contribution in [1.82, 2.24) is 0 Å². The molecule has 0 radical (unpaired) electrons. The summed E-state index contributed by atoms with van der Waals surface area (Å²) < 4.78 is 4.73. The molecule has 4 nitrogen and oxygen atoms in total. The molecule has 0 saturated heterocycles. The highest BCUT2D eigenvalue weighted by Gasteiger charge is 2.30. The number of cyclic esters (lactones) is 1. The molecule has 1 heterocycles. The topological polar surface area (TPSA) is 63.6 Å². The summed E-state index contributed by atoms with van der Waals surface area (Å²) in [6, 6.07) is 4.75. The molecule has 1 atom stereocenters. The molecular formula is C10H7ClO4. The Labute approximate surface area is 90.4 Å². The zero-order chi connectivity index (χ0) is 11.0. The van der Waals surface area contributed by atoms with Gasteiger partial charge in [-0.15, -0.1) is 0 Å². The number of carbonyl (C=O) groups excluding carboxylic acids is 1. The fourth-order valence-corrected chi connectivity index (χ4v) is 1.66. The van der Waals surface area contributed by atoms with E-state index in [2.05, 4.69) is 0 Å². The molecular weight excluding hydrogens is 220 g/mol. The Kier molecular flexibility index (Phi) is 2.36. The first-order valence-electron chi connectivity index (χ1n) is 4.30. The lowest BCUT2D eigenvalue weighted by molar-refractivity contribution is -0.147. The second-order valence-corrected chi connectivity index (χ2v) is 3.67. The highest BCUT2D eigenvalue weighted by molar-refractivity contribution is 6.31. The normalized spacial score (nSPS) is 19.3. The molecule has 1 N–H and O–H groups in total. The number of ether oxygens (including phenoxy) is 1. The molecule has 78 valence electrons. The molecule has 2 rings (SSSR count). The van der Waals surface area contributed by atoms with Crippen molar-refractivity contribution in [2.75, 3.05) is 0 Å². The first kappa shape index (κ1) is 9.98. The maximum atomic E-state index is 11.4. The minimum Gasteiger partial charge on any atom is -0.478 e. The molecule has 0 saturated carbocycles. The van der Waals surface area contributed by atoms with Crippen LogP contribution in [0.2, 0.25) is 5.02 Å². The van der Waals surface area contributed by atoms with E-state index in [4.69, 9.17) is 21.4 Å². The van der Waals surface area contributed by atoms with Gasteiger partial charge in [-0.3, -0.25) is 0 Å². The van der Waals surface area contributed by atoms with E-state index in [1.807, 2.05) is 0 Å². The summed E-state index contributed by atoms with van der Waals surface area (Å²) in [4.78, 5) is 22.1. The van der Waals surface area contributed by atoms with Crippen LogP contribution in [0.25, 0.3) is 0 Å². The summed E-state index contributed by atoms with van der Waals surface area (Å²) in [6.45, 7) is 0. The Balaban J connectivity index is 2.41. The lowest BCUT2D eigenvalue weighted by Crippen LogP contribution is -2.34. The molecule has 1 aliphatic heterocycles. The summed E-state index contributed by atoms with van der Waals surface area (Å²) in [5, 5.41) is 9.16. The minimum absolute atomic E-state index is 0.188. The Hall–Kier alpha value is -1.55. The van der Waals surface area contributed by atoms with E-state index in [0.717, 1.165) is 0 Å². The summed E-state index contributed by atoms with van der Waals surface area (Å²) in [5.41, 5.74) is 1.00. The number of fused-ring (bicyclic) bond motifs is 1. The lowest BCUT2D eigenvalue weighted by Gasteiger charge is -2.21. The van der Waals surface area contributed by atoms with Crippen molar-refractivity contribution in [2.45, 2.75) is 12.5 Å². The van der Waals surface area contributed by atoms with Crippen molar-refractivity contribution in [3.8, 4) is 0 Å². The molecule has 0 unspecified atom stereocenters. The van der Waals surface area contributed by atoms with Crippen molar-refractivity contribution < 1.29 is 19.4 Å². The smallest absolute Gasteiger partial charge is 0.345 e. The lowest BCUT2D eigenvalue weighted by atomic mass is 9.99. The van der Waals surface area contributed by atoms with E-state index in [-0.39, 0.29) is 6.42 Å². The zero-order valence-electron chi connectivity index (χ0n) is 7.57. The predicted octanol–water partition coefficient (Wildman–Crippen LogP) is 1.51. The SMILES string of the molecule is O=C1O[C@@H](C(=O)O)Cc2ccc(Cl)cc21. The average molecular weight is 227 g/mol. The number of carboxylic acid groups (broad SMARTS) is 1. The molecule has 1 aromatic carbocycles. The maximum absolute atomic E-state index is 11.4. The van der Waals surface area contributed by atoms with Crippen LogP contribution in [-0.2, 0) is 16.0 Å². The van der Waals surface area contributed by atoms with Crippen LogP contribution >= 0.6 is 11.6 Å². The number of carboxylic acids is 1. The van der Waals surface area contributed by atoms with Crippen molar-refractivity contribution in [3.63, 3.8) is 0 Å². The number of aliphatic carboxylic acids is 1. The quantitative estimate of drug-likeness (QED) is 0.738. The number of benzene rings is 1. The summed E-state index contributed by atoms with van der Waals surface area (Å²) in [6.07, 6.45) is -0.903. The van der Waals surface area contributed by atoms with Gasteiger partial charge < -0.3 is 9.84 Å². The molecule has 0 spiro atoms. The standard InChI is InChI=1S/C10H7ClO4/c11-6-2-1-5-3-8(9(12)13)15-10(14)7(5)4-6/h1-2,4,8H,3H2,(H,12,13)/t8-/m1/s1. The number of carbonyl (C=O) groups is 2. The molecule has 1 aromatic rings. The van der Waals surface area contributed by atoms with Crippen LogP contribution < -0.4 is 0 Å². The maximum Gasteiger partial charge on any atom is 0.345 e. The number of hydrogen-bond donors (Lipinski definition) is 1. The minimum atomic E-state index is -1.14. The van der Waals surface area contributed by atoms with Crippen molar-refractivity contribution in [1.29, 1.82) is 0 Å². The Morgan fingerprint density at radius 1 is 1.53 bits per heavy atom. The van der Waals surface area contributed by atoms with Gasteiger partial charge in [-0.1, -0.05) is 17.7 Å². The third-order valence-corrected chi connectivity index (χ3v) is 2.46. The summed E-state index contributed by atoms with van der Waals surface area (Å²) in [7, 11) is 0. The second-order valence-electron chi connectivity index (χ2n) is 3.24. The molecule has 0 aromatic heterocycles. The molecule has 1 aliphatic rings.